The number of amides is 1. The van der Waals surface area contributed by atoms with Crippen molar-refractivity contribution in [2.24, 2.45) is 5.73 Å². The standard InChI is InChI=1S/C29H52N2O21/c1-9(35)31-14-17(38)25(52-29-22(43)19(40)16(37)11(6-33)48-29)13(50-26(14)45-4-2-3-30)8-46-27-23(44)20(41)24(12(7-34)49-27)51-28-21(42)18(39)15(36)10(5-32)47-28/h10-29,32-34,36-44H,2-8,30H2,1H3,(H,31,35)/t10-,11-,12-,13-,14-,15+,16+,17-,18+,19+,20-,21-,22-,23-,24-,25-,26-,27-,28+,29+/m1/s1. The SMILES string of the molecule is CC(=O)N[C@H]1[C@H](OCCCN)O[C@H](CO[C@@H]2O[C@H](CO)[C@@H](O[C@@H]3O[C@H](CO)[C@H](O)[C@H](O)[C@H]3O)[C@H](O)[C@H]2O)[C@@H](O[C@@H]2O[C@H](CO)[C@H](O)[C@H](O)[C@H]2O)[C@@H]1O. The van der Waals surface area contributed by atoms with Gasteiger partial charge in [0.1, 0.15) is 97.6 Å². The topological polar surface area (TPSA) is 372 Å². The molecule has 23 heteroatoms. The first-order valence-electron chi connectivity index (χ1n) is 16.8. The van der Waals surface area contributed by atoms with Crippen molar-refractivity contribution in [2.75, 3.05) is 39.6 Å². The molecule has 23 nitrogen and oxygen atoms in total. The van der Waals surface area contributed by atoms with Gasteiger partial charge in [-0.05, 0) is 13.0 Å². The molecule has 0 aromatic carbocycles. The van der Waals surface area contributed by atoms with Gasteiger partial charge in [-0.1, -0.05) is 0 Å². The largest absolute Gasteiger partial charge is 0.394 e. The summed E-state index contributed by atoms with van der Waals surface area (Å²) in [7, 11) is 0. The van der Waals surface area contributed by atoms with E-state index < -0.39 is 155 Å². The molecular formula is C29H52N2O21. The molecule has 4 aliphatic rings. The Bertz CT molecular complexity index is 1090. The molecule has 0 radical (unpaired) electrons. The summed E-state index contributed by atoms with van der Waals surface area (Å²) in [6.45, 7) is -1.69. The maximum Gasteiger partial charge on any atom is 0.217 e. The zero-order chi connectivity index (χ0) is 38.4. The Morgan fingerprint density at radius 3 is 1.52 bits per heavy atom. The summed E-state index contributed by atoms with van der Waals surface area (Å²) < 4.78 is 45.2. The van der Waals surface area contributed by atoms with Crippen molar-refractivity contribution in [3.05, 3.63) is 0 Å². The van der Waals surface area contributed by atoms with Crippen molar-refractivity contribution < 1.29 is 104 Å². The average molecular weight is 765 g/mol. The molecule has 4 heterocycles. The van der Waals surface area contributed by atoms with E-state index in [1.807, 2.05) is 0 Å². The molecule has 15 N–H and O–H groups in total. The highest BCUT2D eigenvalue weighted by atomic mass is 16.8. The molecule has 4 rings (SSSR count). The lowest BCUT2D eigenvalue weighted by Crippen LogP contribution is -2.68. The van der Waals surface area contributed by atoms with Crippen LogP contribution in [0.1, 0.15) is 13.3 Å². The van der Waals surface area contributed by atoms with Crippen LogP contribution >= 0.6 is 0 Å². The summed E-state index contributed by atoms with van der Waals surface area (Å²) in [6.07, 6.45) is -31.7. The minimum Gasteiger partial charge on any atom is -0.394 e. The quantitative estimate of drug-likeness (QED) is 0.0688. The number of nitrogens with two attached hydrogens (primary N) is 1. The predicted octanol–water partition coefficient (Wildman–Crippen LogP) is -9.23. The van der Waals surface area contributed by atoms with Crippen LogP contribution in [0.25, 0.3) is 0 Å². The number of carbonyl (C=O) groups excluding carboxylic acids is 1. The lowest BCUT2D eigenvalue weighted by atomic mass is 9.95. The Hall–Kier alpha value is -1.37. The molecule has 0 spiro atoms. The van der Waals surface area contributed by atoms with Crippen LogP contribution in [0.4, 0.5) is 0 Å². The fourth-order valence-electron chi connectivity index (χ4n) is 6.25. The van der Waals surface area contributed by atoms with Crippen LogP contribution in [0.2, 0.25) is 0 Å². The van der Waals surface area contributed by atoms with E-state index in [9.17, 15) is 66.1 Å². The van der Waals surface area contributed by atoms with E-state index in [-0.39, 0.29) is 13.2 Å². The van der Waals surface area contributed by atoms with Gasteiger partial charge in [-0.2, -0.15) is 0 Å². The zero-order valence-electron chi connectivity index (χ0n) is 28.1. The second-order valence-corrected chi connectivity index (χ2v) is 12.9. The Kier molecular flexibility index (Phi) is 16.2. The van der Waals surface area contributed by atoms with E-state index in [4.69, 9.17) is 43.6 Å². The van der Waals surface area contributed by atoms with E-state index in [0.29, 0.717) is 6.42 Å². The third kappa shape index (κ3) is 9.70. The van der Waals surface area contributed by atoms with Gasteiger partial charge in [0.2, 0.25) is 5.91 Å². The van der Waals surface area contributed by atoms with E-state index in [2.05, 4.69) is 5.32 Å². The van der Waals surface area contributed by atoms with Crippen molar-refractivity contribution in [3.63, 3.8) is 0 Å². The highest BCUT2D eigenvalue weighted by molar-refractivity contribution is 5.73. The second kappa shape index (κ2) is 19.5. The fourth-order valence-corrected chi connectivity index (χ4v) is 6.25. The molecule has 304 valence electrons. The first-order chi connectivity index (χ1) is 24.7. The Morgan fingerprint density at radius 2 is 1.04 bits per heavy atom. The van der Waals surface area contributed by atoms with Crippen LogP contribution in [0.5, 0.6) is 0 Å². The number of rotatable bonds is 15. The molecule has 0 unspecified atom stereocenters. The monoisotopic (exact) mass is 764 g/mol. The van der Waals surface area contributed by atoms with Gasteiger partial charge in [0.15, 0.2) is 25.2 Å². The Morgan fingerprint density at radius 1 is 0.577 bits per heavy atom. The number of carbonyl (C=O) groups is 1. The highest BCUT2D eigenvalue weighted by Gasteiger charge is 2.54. The van der Waals surface area contributed by atoms with Gasteiger partial charge in [0.05, 0.1) is 33.0 Å². The smallest absolute Gasteiger partial charge is 0.217 e. The zero-order valence-corrected chi connectivity index (χ0v) is 28.1. The van der Waals surface area contributed by atoms with E-state index in [1.54, 1.807) is 0 Å². The molecule has 52 heavy (non-hydrogen) atoms. The summed E-state index contributed by atoms with van der Waals surface area (Å²) >= 11 is 0. The summed E-state index contributed by atoms with van der Waals surface area (Å²) in [5.41, 5.74) is 5.56. The Labute approximate surface area is 296 Å². The van der Waals surface area contributed by atoms with Gasteiger partial charge >= 0.3 is 0 Å². The normalized spacial score (nSPS) is 47.3. The lowest BCUT2D eigenvalue weighted by Gasteiger charge is -2.48. The molecule has 4 aliphatic heterocycles. The fraction of sp³-hybridized carbons (Fsp3) is 0.966. The van der Waals surface area contributed by atoms with E-state index in [1.165, 1.54) is 0 Å². The molecule has 4 fully saturated rings. The molecule has 20 atom stereocenters. The van der Waals surface area contributed by atoms with Gasteiger partial charge in [0, 0.05) is 6.92 Å². The van der Waals surface area contributed by atoms with Crippen molar-refractivity contribution >= 4 is 5.91 Å². The molecule has 0 aromatic rings. The third-order valence-corrected chi connectivity index (χ3v) is 9.20. The molecule has 1 amide bonds. The molecular weight excluding hydrogens is 712 g/mol. The number of aliphatic hydroxyl groups is 12. The summed E-state index contributed by atoms with van der Waals surface area (Å²) in [5.74, 6) is -0.607. The second-order valence-electron chi connectivity index (χ2n) is 12.9. The van der Waals surface area contributed by atoms with Crippen molar-refractivity contribution in [3.8, 4) is 0 Å². The van der Waals surface area contributed by atoms with Gasteiger partial charge in [-0.3, -0.25) is 4.79 Å². The molecule has 4 saturated heterocycles. The summed E-state index contributed by atoms with van der Waals surface area (Å²) in [5, 5.41) is 127. The number of aliphatic hydroxyl groups excluding tert-OH is 12. The van der Waals surface area contributed by atoms with Crippen LogP contribution in [0.3, 0.4) is 0 Å². The van der Waals surface area contributed by atoms with Gasteiger partial charge < -0.3 is 110 Å². The van der Waals surface area contributed by atoms with Crippen LogP contribution in [0.15, 0.2) is 0 Å². The minimum atomic E-state index is -1.94. The third-order valence-electron chi connectivity index (χ3n) is 9.20. The van der Waals surface area contributed by atoms with Gasteiger partial charge in [-0.25, -0.2) is 0 Å². The van der Waals surface area contributed by atoms with Crippen molar-refractivity contribution in [1.29, 1.82) is 0 Å². The Balaban J connectivity index is 1.53. The first kappa shape index (κ1) is 43.4. The highest BCUT2D eigenvalue weighted by Crippen LogP contribution is 2.33. The number of nitrogens with one attached hydrogen (secondary N) is 1. The number of hydrogen-bond acceptors (Lipinski definition) is 22. The van der Waals surface area contributed by atoms with Gasteiger partial charge in [0.25, 0.3) is 0 Å². The maximum absolute atomic E-state index is 12.1. The number of hydrogen-bond donors (Lipinski definition) is 14. The molecule has 0 aliphatic carbocycles. The summed E-state index contributed by atoms with van der Waals surface area (Å²) in [6, 6.07) is -1.31. The molecule has 0 aromatic heterocycles. The van der Waals surface area contributed by atoms with Crippen LogP contribution < -0.4 is 11.1 Å². The predicted molar refractivity (Wildman–Crippen MR) is 163 cm³/mol. The lowest BCUT2D eigenvalue weighted by molar-refractivity contribution is -0.369. The van der Waals surface area contributed by atoms with Crippen LogP contribution in [-0.4, -0.2) is 230 Å². The van der Waals surface area contributed by atoms with E-state index in [0.717, 1.165) is 6.92 Å². The van der Waals surface area contributed by atoms with E-state index >= 15 is 0 Å². The maximum atomic E-state index is 12.1. The number of ether oxygens (including phenoxy) is 8. The van der Waals surface area contributed by atoms with Crippen molar-refractivity contribution in [1.82, 2.24) is 5.32 Å². The van der Waals surface area contributed by atoms with Crippen molar-refractivity contribution in [2.45, 2.75) is 136 Å². The minimum absolute atomic E-state index is 0.0143. The van der Waals surface area contributed by atoms with Crippen LogP contribution in [0, 0.1) is 0 Å². The molecule has 0 bridgehead atoms. The average Bonchev–Trinajstić information content (AvgIpc) is 3.12. The molecule has 0 saturated carbocycles. The first-order valence-corrected chi connectivity index (χ1v) is 16.8. The van der Waals surface area contributed by atoms with Gasteiger partial charge in [-0.15, -0.1) is 0 Å². The van der Waals surface area contributed by atoms with Crippen LogP contribution in [-0.2, 0) is 42.7 Å². The summed E-state index contributed by atoms with van der Waals surface area (Å²) in [4.78, 5) is 12.1.